The van der Waals surface area contributed by atoms with Gasteiger partial charge in [0.05, 0.1) is 5.75 Å². The molecule has 0 spiro atoms. The first-order valence-corrected chi connectivity index (χ1v) is 7.85. The molecular weight excluding hydrogens is 279 g/mol. The molecule has 1 aromatic rings. The van der Waals surface area contributed by atoms with Gasteiger partial charge in [-0.05, 0) is 24.1 Å². The number of hydrogen-bond acceptors (Lipinski definition) is 3. The maximum atomic E-state index is 12.8. The van der Waals surface area contributed by atoms with Crippen LogP contribution in [0, 0.1) is 5.82 Å². The van der Waals surface area contributed by atoms with Gasteiger partial charge in [-0.1, -0.05) is 17.7 Å². The van der Waals surface area contributed by atoms with Crippen LogP contribution in [0.3, 0.4) is 0 Å². The van der Waals surface area contributed by atoms with Gasteiger partial charge in [0.2, 0.25) is 0 Å². The summed E-state index contributed by atoms with van der Waals surface area (Å²) in [6.07, 6.45) is 1.72. The highest BCUT2D eigenvalue weighted by molar-refractivity contribution is 7.90. The number of Topliss-reactive ketones (excluding diaryl/α,β-unsaturated/α-hetero) is 1. The van der Waals surface area contributed by atoms with E-state index in [0.717, 1.165) is 12.3 Å². The fourth-order valence-corrected chi connectivity index (χ4v) is 2.40. The predicted molar refractivity (Wildman–Crippen MR) is 69.1 cm³/mol. The maximum Gasteiger partial charge on any atom is 0.147 e. The standard InChI is InChI=1S/C12H14ClFO3S/c1-18(16,17)6-2-3-11(15)7-9-4-5-10(14)8-12(9)13/h4-5,8H,2-3,6-7H2,1H3. The molecule has 0 saturated heterocycles. The van der Waals surface area contributed by atoms with Crippen LogP contribution >= 0.6 is 11.6 Å². The smallest absolute Gasteiger partial charge is 0.147 e. The van der Waals surface area contributed by atoms with Crippen molar-refractivity contribution in [3.63, 3.8) is 0 Å². The molecule has 6 heteroatoms. The Hall–Kier alpha value is -0.940. The monoisotopic (exact) mass is 292 g/mol. The molecule has 0 amide bonds. The lowest BCUT2D eigenvalue weighted by Crippen LogP contribution is -2.08. The lowest BCUT2D eigenvalue weighted by atomic mass is 10.1. The van der Waals surface area contributed by atoms with Crippen molar-refractivity contribution in [2.24, 2.45) is 0 Å². The number of carbonyl (C=O) groups excluding carboxylic acids is 1. The largest absolute Gasteiger partial charge is 0.299 e. The zero-order chi connectivity index (χ0) is 13.8. The van der Waals surface area contributed by atoms with Gasteiger partial charge in [0.15, 0.2) is 0 Å². The van der Waals surface area contributed by atoms with Crippen molar-refractivity contribution < 1.29 is 17.6 Å². The highest BCUT2D eigenvalue weighted by Gasteiger charge is 2.09. The lowest BCUT2D eigenvalue weighted by Gasteiger charge is -2.04. The summed E-state index contributed by atoms with van der Waals surface area (Å²) < 4.78 is 34.6. The summed E-state index contributed by atoms with van der Waals surface area (Å²) >= 11 is 5.79. The molecule has 1 rings (SSSR count). The van der Waals surface area contributed by atoms with Crippen molar-refractivity contribution >= 4 is 27.2 Å². The molecule has 0 atom stereocenters. The van der Waals surface area contributed by atoms with Crippen molar-refractivity contribution in [2.45, 2.75) is 19.3 Å². The van der Waals surface area contributed by atoms with Crippen LogP contribution in [0.25, 0.3) is 0 Å². The number of carbonyl (C=O) groups is 1. The SMILES string of the molecule is CS(=O)(=O)CCCC(=O)Cc1ccc(F)cc1Cl. The van der Waals surface area contributed by atoms with Crippen LogP contribution in [-0.2, 0) is 21.1 Å². The van der Waals surface area contributed by atoms with Crippen molar-refractivity contribution in [1.82, 2.24) is 0 Å². The minimum atomic E-state index is -3.03. The van der Waals surface area contributed by atoms with E-state index in [2.05, 4.69) is 0 Å². The summed E-state index contributed by atoms with van der Waals surface area (Å²) in [5.74, 6) is -0.559. The summed E-state index contributed by atoms with van der Waals surface area (Å²) in [6.45, 7) is 0. The first-order valence-electron chi connectivity index (χ1n) is 5.41. The first-order chi connectivity index (χ1) is 8.28. The Balaban J connectivity index is 2.50. The molecule has 3 nitrogen and oxygen atoms in total. The number of ketones is 1. The van der Waals surface area contributed by atoms with Crippen LogP contribution in [0.1, 0.15) is 18.4 Å². The van der Waals surface area contributed by atoms with Gasteiger partial charge in [0.25, 0.3) is 0 Å². The van der Waals surface area contributed by atoms with Crippen molar-refractivity contribution in [2.75, 3.05) is 12.0 Å². The Morgan fingerprint density at radius 3 is 2.61 bits per heavy atom. The summed E-state index contributed by atoms with van der Waals surface area (Å²) in [7, 11) is -3.03. The van der Waals surface area contributed by atoms with Gasteiger partial charge >= 0.3 is 0 Å². The molecule has 0 heterocycles. The van der Waals surface area contributed by atoms with E-state index in [1.54, 1.807) is 0 Å². The average Bonchev–Trinajstić information content (AvgIpc) is 2.20. The van der Waals surface area contributed by atoms with E-state index in [4.69, 9.17) is 11.6 Å². The van der Waals surface area contributed by atoms with Gasteiger partial charge < -0.3 is 0 Å². The third kappa shape index (κ3) is 5.60. The van der Waals surface area contributed by atoms with Gasteiger partial charge in [-0.15, -0.1) is 0 Å². The third-order valence-corrected chi connectivity index (χ3v) is 3.76. The molecule has 0 unspecified atom stereocenters. The molecule has 0 fully saturated rings. The van der Waals surface area contributed by atoms with Crippen molar-refractivity contribution in [3.05, 3.63) is 34.6 Å². The van der Waals surface area contributed by atoms with E-state index in [1.807, 2.05) is 0 Å². The molecule has 0 aliphatic carbocycles. The summed E-state index contributed by atoms with van der Waals surface area (Å²) in [6, 6.07) is 3.86. The van der Waals surface area contributed by atoms with Gasteiger partial charge in [0.1, 0.15) is 21.4 Å². The Morgan fingerprint density at radius 2 is 2.06 bits per heavy atom. The summed E-state index contributed by atoms with van der Waals surface area (Å²) in [5, 5.41) is 0.214. The Morgan fingerprint density at radius 1 is 1.39 bits per heavy atom. The fourth-order valence-electron chi connectivity index (χ4n) is 1.50. The van der Waals surface area contributed by atoms with E-state index < -0.39 is 15.7 Å². The second-order valence-electron chi connectivity index (χ2n) is 4.18. The van der Waals surface area contributed by atoms with Gasteiger partial charge in [-0.25, -0.2) is 12.8 Å². The normalized spacial score (nSPS) is 11.5. The molecule has 18 heavy (non-hydrogen) atoms. The number of rotatable bonds is 6. The second kappa shape index (κ2) is 6.29. The molecule has 0 saturated carbocycles. The number of hydrogen-bond donors (Lipinski definition) is 0. The van der Waals surface area contributed by atoms with Crippen molar-refractivity contribution in [1.29, 1.82) is 0 Å². The molecular formula is C12H14ClFO3S. The number of benzene rings is 1. The molecule has 0 aliphatic rings. The third-order valence-electron chi connectivity index (χ3n) is 2.37. The van der Waals surface area contributed by atoms with Gasteiger partial charge in [-0.2, -0.15) is 0 Å². The van der Waals surface area contributed by atoms with Crippen LogP contribution in [-0.4, -0.2) is 26.2 Å². The van der Waals surface area contributed by atoms with E-state index >= 15 is 0 Å². The Labute approximate surface area is 111 Å². The molecule has 0 radical (unpaired) electrons. The van der Waals surface area contributed by atoms with Crippen molar-refractivity contribution in [3.8, 4) is 0 Å². The number of sulfone groups is 1. The maximum absolute atomic E-state index is 12.8. The molecule has 0 aromatic heterocycles. The average molecular weight is 293 g/mol. The highest BCUT2D eigenvalue weighted by atomic mass is 35.5. The lowest BCUT2D eigenvalue weighted by molar-refractivity contribution is -0.118. The second-order valence-corrected chi connectivity index (χ2v) is 6.85. The van der Waals surface area contributed by atoms with Crippen LogP contribution in [0.4, 0.5) is 4.39 Å². The van der Waals surface area contributed by atoms with Crippen LogP contribution < -0.4 is 0 Å². The quantitative estimate of drug-likeness (QED) is 0.809. The van der Waals surface area contributed by atoms with E-state index in [1.165, 1.54) is 12.1 Å². The fraction of sp³-hybridized carbons (Fsp3) is 0.417. The highest BCUT2D eigenvalue weighted by Crippen LogP contribution is 2.18. The zero-order valence-electron chi connectivity index (χ0n) is 9.95. The molecule has 0 N–H and O–H groups in total. The summed E-state index contributed by atoms with van der Waals surface area (Å²) in [5.41, 5.74) is 0.558. The molecule has 0 aliphatic heterocycles. The summed E-state index contributed by atoms with van der Waals surface area (Å²) in [4.78, 5) is 11.6. The number of halogens is 2. The minimum absolute atomic E-state index is 0.00408. The van der Waals surface area contributed by atoms with Crippen LogP contribution in [0.15, 0.2) is 18.2 Å². The van der Waals surface area contributed by atoms with E-state index in [0.29, 0.717) is 12.0 Å². The molecule has 100 valence electrons. The van der Waals surface area contributed by atoms with Gasteiger partial charge in [0, 0.05) is 24.1 Å². The zero-order valence-corrected chi connectivity index (χ0v) is 11.5. The Bertz CT molecular complexity index is 540. The molecule has 1 aromatic carbocycles. The van der Waals surface area contributed by atoms with Gasteiger partial charge in [-0.3, -0.25) is 4.79 Å². The van der Waals surface area contributed by atoms with Crippen LogP contribution in [0.5, 0.6) is 0 Å². The minimum Gasteiger partial charge on any atom is -0.299 e. The molecule has 0 bridgehead atoms. The Kier molecular flexibility index (Phi) is 5.28. The predicted octanol–water partition coefficient (Wildman–Crippen LogP) is 2.42. The first kappa shape index (κ1) is 15.1. The van der Waals surface area contributed by atoms with E-state index in [-0.39, 0.29) is 29.4 Å². The van der Waals surface area contributed by atoms with E-state index in [9.17, 15) is 17.6 Å². The van der Waals surface area contributed by atoms with Crippen LogP contribution in [0.2, 0.25) is 5.02 Å². The topological polar surface area (TPSA) is 51.2 Å².